The number of ether oxygens (including phenoxy) is 3. The smallest absolute Gasteiger partial charge is 0.325 e. The molecule has 238 valence electrons. The normalized spacial score (nSPS) is 22.9. The highest BCUT2D eigenvalue weighted by Crippen LogP contribution is 2.57. The van der Waals surface area contributed by atoms with Crippen LogP contribution in [0.3, 0.4) is 0 Å². The Kier molecular flexibility index (Phi) is 8.51. The summed E-state index contributed by atoms with van der Waals surface area (Å²) >= 11 is 1.26. The maximum atomic E-state index is 14.6. The number of fused-ring (bicyclic) bond motifs is 1. The second-order valence-corrected chi connectivity index (χ2v) is 12.8. The van der Waals surface area contributed by atoms with E-state index < -0.39 is 41.3 Å². The van der Waals surface area contributed by atoms with Crippen molar-refractivity contribution in [3.63, 3.8) is 0 Å². The van der Waals surface area contributed by atoms with Crippen molar-refractivity contribution in [1.82, 2.24) is 10.3 Å². The van der Waals surface area contributed by atoms with Crippen molar-refractivity contribution in [2.75, 3.05) is 31.8 Å². The molecule has 3 aromatic rings. The number of carbonyl (C=O) groups excluding carboxylic acids is 3. The van der Waals surface area contributed by atoms with Crippen molar-refractivity contribution in [2.45, 2.75) is 57.8 Å². The number of hydrogen-bond donors (Lipinski definition) is 2. The van der Waals surface area contributed by atoms with E-state index >= 15 is 0 Å². The summed E-state index contributed by atoms with van der Waals surface area (Å²) in [6, 6.07) is 6.40. The van der Waals surface area contributed by atoms with Gasteiger partial charge in [0, 0.05) is 24.7 Å². The molecule has 3 aliphatic rings. The van der Waals surface area contributed by atoms with Gasteiger partial charge in [-0.1, -0.05) is 18.2 Å². The Bertz CT molecular complexity index is 1610. The molecule has 12 nitrogen and oxygen atoms in total. The first kappa shape index (κ1) is 30.9. The van der Waals surface area contributed by atoms with Gasteiger partial charge in [-0.05, 0) is 51.2 Å². The number of ketones is 1. The molecule has 2 aromatic heterocycles. The molecule has 2 aliphatic heterocycles. The zero-order chi connectivity index (χ0) is 31.9. The van der Waals surface area contributed by atoms with Gasteiger partial charge in [0.1, 0.15) is 34.6 Å². The molecule has 45 heavy (non-hydrogen) atoms. The molecular weight excluding hydrogens is 602 g/mol. The van der Waals surface area contributed by atoms with Crippen LogP contribution in [0.2, 0.25) is 0 Å². The lowest BCUT2D eigenvalue weighted by Crippen LogP contribution is -2.62. The van der Waals surface area contributed by atoms with Crippen molar-refractivity contribution in [1.29, 1.82) is 0 Å². The third-order valence-corrected chi connectivity index (χ3v) is 10.3. The minimum Gasteiger partial charge on any atom is -0.496 e. The number of oxazole rings is 1. The van der Waals surface area contributed by atoms with Crippen LogP contribution in [0.4, 0.5) is 5.00 Å². The van der Waals surface area contributed by atoms with Crippen LogP contribution in [0.25, 0.3) is 10.8 Å². The summed E-state index contributed by atoms with van der Waals surface area (Å²) in [5.41, 5.74) is 0.341. The molecule has 2 N–H and O–H groups in total. The Morgan fingerprint density at radius 2 is 1.96 bits per heavy atom. The molecule has 1 aromatic carbocycles. The van der Waals surface area contributed by atoms with Gasteiger partial charge in [-0.25, -0.2) is 4.98 Å². The highest BCUT2D eigenvalue weighted by molar-refractivity contribution is 7.20. The first-order valence-corrected chi connectivity index (χ1v) is 15.8. The molecule has 1 aliphatic carbocycles. The van der Waals surface area contributed by atoms with Gasteiger partial charge >= 0.3 is 5.97 Å². The van der Waals surface area contributed by atoms with E-state index in [0.717, 1.165) is 5.56 Å². The number of aliphatic carboxylic acids is 1. The van der Waals surface area contributed by atoms with Gasteiger partial charge in [-0.2, -0.15) is 0 Å². The molecule has 4 heterocycles. The fourth-order valence-corrected chi connectivity index (χ4v) is 7.68. The van der Waals surface area contributed by atoms with Crippen molar-refractivity contribution in [2.24, 2.45) is 11.3 Å². The first-order chi connectivity index (χ1) is 21.6. The number of thiophene rings is 1. The number of nitrogens with zero attached hydrogens (tertiary/aromatic N) is 2. The molecule has 13 heteroatoms. The highest BCUT2D eigenvalue weighted by Gasteiger charge is 2.63. The number of carboxylic acid groups (broad SMARTS) is 1. The van der Waals surface area contributed by atoms with E-state index in [2.05, 4.69) is 10.3 Å². The second kappa shape index (κ2) is 12.4. The molecule has 1 spiro atoms. The molecule has 2 amide bonds. The maximum absolute atomic E-state index is 14.6. The van der Waals surface area contributed by atoms with Gasteiger partial charge < -0.3 is 29.1 Å². The van der Waals surface area contributed by atoms with Crippen molar-refractivity contribution in [3.05, 3.63) is 53.4 Å². The van der Waals surface area contributed by atoms with Gasteiger partial charge in [0.25, 0.3) is 0 Å². The van der Waals surface area contributed by atoms with Crippen LogP contribution < -0.4 is 15.0 Å². The Balaban J connectivity index is 1.39. The highest BCUT2D eigenvalue weighted by atomic mass is 32.1. The fourth-order valence-electron chi connectivity index (χ4n) is 6.43. The molecular formula is C32H35N3O9S. The van der Waals surface area contributed by atoms with Gasteiger partial charge in [0.2, 0.25) is 17.7 Å². The summed E-state index contributed by atoms with van der Waals surface area (Å²) in [5, 5.41) is 12.2. The maximum Gasteiger partial charge on any atom is 0.325 e. The second-order valence-electron chi connectivity index (χ2n) is 11.8. The van der Waals surface area contributed by atoms with E-state index in [1.165, 1.54) is 30.7 Å². The van der Waals surface area contributed by atoms with Crippen molar-refractivity contribution >= 4 is 39.9 Å². The lowest BCUT2D eigenvalue weighted by molar-refractivity contribution is -0.146. The monoisotopic (exact) mass is 637 g/mol. The van der Waals surface area contributed by atoms with Crippen LogP contribution in [0, 0.1) is 18.3 Å². The molecule has 1 saturated heterocycles. The van der Waals surface area contributed by atoms with Crippen LogP contribution in [-0.4, -0.2) is 72.7 Å². The number of hydrogen-bond acceptors (Lipinski definition) is 10. The number of amides is 2. The van der Waals surface area contributed by atoms with Crippen LogP contribution >= 0.6 is 11.3 Å². The number of rotatable bonds is 10. The summed E-state index contributed by atoms with van der Waals surface area (Å²) in [6.45, 7) is 4.41. The summed E-state index contributed by atoms with van der Waals surface area (Å²) in [5.74, 6) is -2.15. The average molecular weight is 638 g/mol. The third kappa shape index (κ3) is 5.53. The fraction of sp³-hybridized carbons (Fsp3) is 0.469. The topological polar surface area (TPSA) is 158 Å². The predicted octanol–water partition coefficient (Wildman–Crippen LogP) is 4.17. The third-order valence-electron chi connectivity index (χ3n) is 8.97. The van der Waals surface area contributed by atoms with Crippen LogP contribution in [0.5, 0.6) is 5.75 Å². The molecule has 1 saturated carbocycles. The Labute approximate surface area is 263 Å². The van der Waals surface area contributed by atoms with E-state index in [0.29, 0.717) is 58.7 Å². The zero-order valence-corrected chi connectivity index (χ0v) is 26.1. The van der Waals surface area contributed by atoms with Gasteiger partial charge in [-0.15, -0.1) is 11.3 Å². The lowest BCUT2D eigenvalue weighted by Gasteiger charge is -2.49. The van der Waals surface area contributed by atoms with Gasteiger partial charge in [0.05, 0.1) is 36.4 Å². The predicted molar refractivity (Wildman–Crippen MR) is 162 cm³/mol. The van der Waals surface area contributed by atoms with E-state index in [4.69, 9.17) is 18.6 Å². The molecule has 2 fully saturated rings. The lowest BCUT2D eigenvalue weighted by atomic mass is 9.56. The number of carboxylic acids is 1. The Morgan fingerprint density at radius 1 is 1.22 bits per heavy atom. The van der Waals surface area contributed by atoms with Gasteiger partial charge in [-0.3, -0.25) is 24.1 Å². The van der Waals surface area contributed by atoms with E-state index in [9.17, 15) is 24.3 Å². The molecule has 0 bridgehead atoms. The standard InChI is InChI=1S/C32H35N3O9S/c1-17-24-26(36)32(14-19(15-32)27(37)34-18(2)30(38)39)31(40)35(29(24)45-25(17)28-33-10-13-43-28)16-23(44-20-8-11-42-12-9-20)21-6-4-5-7-22(21)41-3/h4-7,10,13,18-20,23H,8-9,11-12,14-16H2,1-3H3,(H,34,37)(H,38,39)/t18-,19-,23+,32+/m1/s1. The molecule has 2 atom stereocenters. The number of Topliss-reactive ketones (excluding diaryl/α,β-unsaturated/α-hetero) is 1. The van der Waals surface area contributed by atoms with Crippen molar-refractivity contribution < 1.29 is 42.9 Å². The Morgan fingerprint density at radius 3 is 2.62 bits per heavy atom. The number of anilines is 1. The number of para-hydroxylation sites is 1. The quantitative estimate of drug-likeness (QED) is 0.309. The summed E-state index contributed by atoms with van der Waals surface area (Å²) in [4.78, 5) is 59.6. The minimum atomic E-state index is -1.47. The zero-order valence-electron chi connectivity index (χ0n) is 25.2. The number of aromatic nitrogens is 1. The minimum absolute atomic E-state index is 0.0253. The van der Waals surface area contributed by atoms with Crippen molar-refractivity contribution in [3.8, 4) is 16.5 Å². The SMILES string of the molecule is COc1ccccc1[C@H](CN1c2sc(-c3ncco3)c(C)c2C(=O)[C@]2(C[C@H](C(=O)N[C@H](C)C(=O)O)C2)C1=O)OC1CCOCC1. The molecule has 0 unspecified atom stereocenters. The Hall–Kier alpha value is -4.07. The number of benzene rings is 1. The number of nitrogens with one attached hydrogen (secondary N) is 1. The summed E-state index contributed by atoms with van der Waals surface area (Å²) < 4.78 is 23.5. The largest absolute Gasteiger partial charge is 0.496 e. The average Bonchev–Trinajstić information content (AvgIpc) is 3.66. The number of methoxy groups -OCH3 is 1. The van der Waals surface area contributed by atoms with E-state index in [1.807, 2.05) is 31.2 Å². The molecule has 0 radical (unpaired) electrons. The number of carbonyl (C=O) groups is 4. The summed E-state index contributed by atoms with van der Waals surface area (Å²) in [7, 11) is 1.58. The van der Waals surface area contributed by atoms with E-state index in [-0.39, 0.29) is 31.3 Å². The van der Waals surface area contributed by atoms with Gasteiger partial charge in [0.15, 0.2) is 5.78 Å². The first-order valence-electron chi connectivity index (χ1n) is 14.9. The van der Waals surface area contributed by atoms with Crippen LogP contribution in [0.15, 0.2) is 41.1 Å². The summed E-state index contributed by atoms with van der Waals surface area (Å²) in [6.07, 6.45) is 3.61. The van der Waals surface area contributed by atoms with Crippen LogP contribution in [0.1, 0.15) is 60.2 Å². The van der Waals surface area contributed by atoms with E-state index in [1.54, 1.807) is 12.0 Å². The molecule has 6 rings (SSSR count). The van der Waals surface area contributed by atoms with Crippen LogP contribution in [-0.2, 0) is 23.9 Å².